The number of hydrogen-bond acceptors (Lipinski definition) is 2. The lowest BCUT2D eigenvalue weighted by Gasteiger charge is -2.30. The maximum Gasteiger partial charge on any atom is 0.391 e. The van der Waals surface area contributed by atoms with E-state index in [2.05, 4.69) is 4.72 Å². The number of hydrogen-bond donors (Lipinski definition) is 1. The SMILES string of the molecule is O=S(=O)(CCl)NC1CCCC(C(F)(F)F)C1. The lowest BCUT2D eigenvalue weighted by molar-refractivity contribution is -0.183. The first-order valence-corrected chi connectivity index (χ1v) is 7.06. The summed E-state index contributed by atoms with van der Waals surface area (Å²) in [6, 6.07) is -0.649. The lowest BCUT2D eigenvalue weighted by Crippen LogP contribution is -2.41. The molecule has 0 saturated heterocycles. The van der Waals surface area contributed by atoms with E-state index < -0.39 is 33.4 Å². The van der Waals surface area contributed by atoms with E-state index >= 15 is 0 Å². The van der Waals surface area contributed by atoms with Gasteiger partial charge < -0.3 is 0 Å². The monoisotopic (exact) mass is 279 g/mol. The molecule has 1 aliphatic rings. The molecule has 8 heteroatoms. The van der Waals surface area contributed by atoms with Gasteiger partial charge in [0.25, 0.3) is 0 Å². The zero-order valence-corrected chi connectivity index (χ0v) is 10.00. The van der Waals surface area contributed by atoms with E-state index in [1.807, 2.05) is 0 Å². The second kappa shape index (κ2) is 5.10. The summed E-state index contributed by atoms with van der Waals surface area (Å²) in [7, 11) is -3.64. The van der Waals surface area contributed by atoms with Crippen molar-refractivity contribution in [2.24, 2.45) is 5.92 Å². The Bertz CT molecular complexity index is 331. The molecule has 0 aromatic carbocycles. The van der Waals surface area contributed by atoms with Crippen molar-refractivity contribution < 1.29 is 21.6 Å². The Morgan fingerprint density at radius 2 is 1.94 bits per heavy atom. The van der Waals surface area contributed by atoms with Crippen LogP contribution in [-0.2, 0) is 10.0 Å². The van der Waals surface area contributed by atoms with Crippen LogP contribution in [0, 0.1) is 5.92 Å². The molecular formula is C8H13ClF3NO2S. The van der Waals surface area contributed by atoms with E-state index in [4.69, 9.17) is 11.6 Å². The molecule has 96 valence electrons. The predicted molar refractivity (Wildman–Crippen MR) is 54.6 cm³/mol. The summed E-state index contributed by atoms with van der Waals surface area (Å²) in [5, 5.41) is -0.625. The van der Waals surface area contributed by atoms with Crippen LogP contribution in [0.3, 0.4) is 0 Å². The fourth-order valence-electron chi connectivity index (χ4n) is 1.88. The summed E-state index contributed by atoms with van der Waals surface area (Å²) >= 11 is 5.17. The first-order chi connectivity index (χ1) is 7.24. The molecular weight excluding hydrogens is 267 g/mol. The van der Waals surface area contributed by atoms with E-state index in [1.54, 1.807) is 0 Å². The van der Waals surface area contributed by atoms with Crippen molar-refractivity contribution in [3.05, 3.63) is 0 Å². The molecule has 0 aromatic rings. The third kappa shape index (κ3) is 4.10. The van der Waals surface area contributed by atoms with Gasteiger partial charge in [0, 0.05) is 6.04 Å². The van der Waals surface area contributed by atoms with Gasteiger partial charge in [0.05, 0.1) is 5.92 Å². The van der Waals surface area contributed by atoms with Crippen molar-refractivity contribution >= 4 is 21.6 Å². The van der Waals surface area contributed by atoms with E-state index in [-0.39, 0.29) is 12.8 Å². The molecule has 2 atom stereocenters. The number of nitrogens with one attached hydrogen (secondary N) is 1. The Hall–Kier alpha value is -0.0100. The van der Waals surface area contributed by atoms with Gasteiger partial charge in [0.1, 0.15) is 5.21 Å². The molecule has 2 unspecified atom stereocenters. The molecule has 0 spiro atoms. The van der Waals surface area contributed by atoms with Crippen LogP contribution in [-0.4, -0.2) is 25.8 Å². The van der Waals surface area contributed by atoms with Gasteiger partial charge in [-0.25, -0.2) is 13.1 Å². The van der Waals surface area contributed by atoms with Crippen LogP contribution in [0.25, 0.3) is 0 Å². The first-order valence-electron chi connectivity index (χ1n) is 4.87. The summed E-state index contributed by atoms with van der Waals surface area (Å²) in [6.07, 6.45) is -3.56. The number of sulfonamides is 1. The summed E-state index contributed by atoms with van der Waals surface area (Å²) in [4.78, 5) is 0. The Morgan fingerprint density at radius 3 is 2.44 bits per heavy atom. The highest BCUT2D eigenvalue weighted by Gasteiger charge is 2.42. The van der Waals surface area contributed by atoms with Crippen molar-refractivity contribution in [2.75, 3.05) is 5.21 Å². The van der Waals surface area contributed by atoms with E-state index in [1.165, 1.54) is 0 Å². The summed E-state index contributed by atoms with van der Waals surface area (Å²) in [5.74, 6) is -1.41. The van der Waals surface area contributed by atoms with E-state index in [9.17, 15) is 21.6 Å². The Balaban J connectivity index is 2.58. The second-order valence-electron chi connectivity index (χ2n) is 3.94. The van der Waals surface area contributed by atoms with Gasteiger partial charge >= 0.3 is 6.18 Å². The summed E-state index contributed by atoms with van der Waals surface area (Å²) < 4.78 is 61.7. The molecule has 0 aromatic heterocycles. The van der Waals surface area contributed by atoms with Crippen LogP contribution in [0.1, 0.15) is 25.7 Å². The molecule has 0 bridgehead atoms. The van der Waals surface area contributed by atoms with Crippen LogP contribution < -0.4 is 4.72 Å². The number of rotatable bonds is 3. The lowest BCUT2D eigenvalue weighted by atomic mass is 9.86. The van der Waals surface area contributed by atoms with Gasteiger partial charge in [-0.3, -0.25) is 0 Å². The molecule has 3 nitrogen and oxygen atoms in total. The smallest absolute Gasteiger partial charge is 0.211 e. The molecule has 0 heterocycles. The summed E-state index contributed by atoms with van der Waals surface area (Å²) in [5.41, 5.74) is 0. The zero-order chi connectivity index (χ0) is 12.4. The van der Waals surface area contributed by atoms with Gasteiger partial charge in [-0.05, 0) is 19.3 Å². The van der Waals surface area contributed by atoms with Crippen molar-refractivity contribution in [3.63, 3.8) is 0 Å². The van der Waals surface area contributed by atoms with Crippen LogP contribution in [0.2, 0.25) is 0 Å². The molecule has 0 aliphatic heterocycles. The largest absolute Gasteiger partial charge is 0.391 e. The fraction of sp³-hybridized carbons (Fsp3) is 1.00. The number of halogens is 4. The van der Waals surface area contributed by atoms with Gasteiger partial charge in [0.2, 0.25) is 10.0 Å². The van der Waals surface area contributed by atoms with Crippen LogP contribution >= 0.6 is 11.6 Å². The molecule has 16 heavy (non-hydrogen) atoms. The van der Waals surface area contributed by atoms with Gasteiger partial charge in [-0.15, -0.1) is 11.6 Å². The minimum absolute atomic E-state index is 0.0720. The van der Waals surface area contributed by atoms with Crippen LogP contribution in [0.15, 0.2) is 0 Å². The zero-order valence-electron chi connectivity index (χ0n) is 8.43. The van der Waals surface area contributed by atoms with Crippen molar-refractivity contribution in [3.8, 4) is 0 Å². The highest BCUT2D eigenvalue weighted by molar-refractivity contribution is 7.90. The third-order valence-electron chi connectivity index (χ3n) is 2.63. The van der Waals surface area contributed by atoms with Crippen LogP contribution in [0.5, 0.6) is 0 Å². The minimum Gasteiger partial charge on any atom is -0.211 e. The normalized spacial score (nSPS) is 28.0. The highest BCUT2D eigenvalue weighted by atomic mass is 35.5. The Morgan fingerprint density at radius 1 is 1.31 bits per heavy atom. The van der Waals surface area contributed by atoms with Crippen molar-refractivity contribution in [2.45, 2.75) is 37.9 Å². The quantitative estimate of drug-likeness (QED) is 0.805. The maximum atomic E-state index is 12.4. The molecule has 1 N–H and O–H groups in total. The minimum atomic E-state index is -4.24. The number of alkyl halides is 4. The standard InChI is InChI=1S/C8H13ClF3NO2S/c9-5-16(14,15)13-7-3-1-2-6(4-7)8(10,11)12/h6-7,13H,1-5H2. The first kappa shape index (κ1) is 14.1. The fourth-order valence-corrected chi connectivity index (χ4v) is 2.85. The molecule has 1 saturated carbocycles. The Labute approximate surface area is 97.4 Å². The molecule has 1 fully saturated rings. The van der Waals surface area contributed by atoms with Crippen molar-refractivity contribution in [1.82, 2.24) is 4.72 Å². The van der Waals surface area contributed by atoms with Gasteiger partial charge in [0.15, 0.2) is 0 Å². The Kier molecular flexibility index (Phi) is 4.48. The van der Waals surface area contributed by atoms with Gasteiger partial charge in [-0.1, -0.05) is 6.42 Å². The highest BCUT2D eigenvalue weighted by Crippen LogP contribution is 2.37. The van der Waals surface area contributed by atoms with E-state index in [0.29, 0.717) is 12.8 Å². The average Bonchev–Trinajstić information content (AvgIpc) is 2.16. The average molecular weight is 280 g/mol. The van der Waals surface area contributed by atoms with Crippen molar-refractivity contribution in [1.29, 1.82) is 0 Å². The summed E-state index contributed by atoms with van der Waals surface area (Å²) in [6.45, 7) is 0. The molecule has 0 radical (unpaired) electrons. The third-order valence-corrected chi connectivity index (χ3v) is 4.47. The van der Waals surface area contributed by atoms with Crippen LogP contribution in [0.4, 0.5) is 13.2 Å². The predicted octanol–water partition coefficient (Wildman–Crippen LogP) is 2.22. The molecule has 1 rings (SSSR count). The van der Waals surface area contributed by atoms with Gasteiger partial charge in [-0.2, -0.15) is 13.2 Å². The second-order valence-corrected chi connectivity index (χ2v) is 6.28. The maximum absolute atomic E-state index is 12.4. The van der Waals surface area contributed by atoms with E-state index in [0.717, 1.165) is 0 Å². The molecule has 1 aliphatic carbocycles. The molecule has 0 amide bonds. The topological polar surface area (TPSA) is 46.2 Å².